The van der Waals surface area contributed by atoms with Crippen LogP contribution in [0, 0.1) is 5.41 Å². The van der Waals surface area contributed by atoms with Crippen molar-refractivity contribution in [3.05, 3.63) is 59.4 Å². The van der Waals surface area contributed by atoms with Crippen LogP contribution in [-0.2, 0) is 26.7 Å². The van der Waals surface area contributed by atoms with E-state index in [1.54, 1.807) is 0 Å². The molecular weight excluding hydrogens is 456 g/mol. The molecule has 0 saturated carbocycles. The molecule has 0 radical (unpaired) electrons. The molecular formula is C21H19F6N3O3. The SMILES string of the molecule is COC(=O)C1(C(C(N)=O)c2ccc(C(F)(F)F)cc2)CCN(c2cncc(C(F)(F)F)c2)C1. The Morgan fingerprint density at radius 3 is 2.18 bits per heavy atom. The Bertz CT molecular complexity index is 1040. The van der Waals surface area contributed by atoms with Gasteiger partial charge in [0, 0.05) is 19.3 Å². The van der Waals surface area contributed by atoms with Crippen LogP contribution in [0.2, 0.25) is 0 Å². The smallest absolute Gasteiger partial charge is 0.417 e. The highest BCUT2D eigenvalue weighted by Gasteiger charge is 2.54. The monoisotopic (exact) mass is 475 g/mol. The van der Waals surface area contributed by atoms with E-state index in [2.05, 4.69) is 4.98 Å². The summed E-state index contributed by atoms with van der Waals surface area (Å²) in [5.41, 5.74) is 2.11. The number of pyridine rings is 1. The number of alkyl halides is 6. The standard InChI is InChI=1S/C21H19F6N3O3/c1-33-18(32)19(16(17(28)31)12-2-4-13(5-3-12)20(22,23)24)6-7-30(11-19)15-8-14(9-29-10-15)21(25,26)27/h2-5,8-10,16H,6-7,11H2,1H3,(H2,28,31). The third-order valence-corrected chi connectivity index (χ3v) is 5.72. The van der Waals surface area contributed by atoms with Gasteiger partial charge >= 0.3 is 18.3 Å². The molecule has 3 rings (SSSR count). The summed E-state index contributed by atoms with van der Waals surface area (Å²) < 4.78 is 83.0. The average molecular weight is 475 g/mol. The molecule has 2 unspecified atom stereocenters. The van der Waals surface area contributed by atoms with Crippen LogP contribution < -0.4 is 10.6 Å². The molecule has 2 atom stereocenters. The van der Waals surface area contributed by atoms with Crippen LogP contribution in [0.5, 0.6) is 0 Å². The molecule has 2 heterocycles. The van der Waals surface area contributed by atoms with Crippen molar-refractivity contribution in [1.29, 1.82) is 0 Å². The molecule has 178 valence electrons. The van der Waals surface area contributed by atoms with E-state index in [0.717, 1.165) is 37.4 Å². The maximum absolute atomic E-state index is 13.1. The Labute approximate surface area is 184 Å². The van der Waals surface area contributed by atoms with Gasteiger partial charge in [0.1, 0.15) is 5.41 Å². The number of primary amides is 1. The normalized spacial score (nSPS) is 19.9. The number of carbonyl (C=O) groups is 2. The highest BCUT2D eigenvalue weighted by molar-refractivity contribution is 5.92. The quantitative estimate of drug-likeness (QED) is 0.526. The van der Waals surface area contributed by atoms with E-state index in [-0.39, 0.29) is 30.8 Å². The first kappa shape index (κ1) is 24.3. The third-order valence-electron chi connectivity index (χ3n) is 5.72. The summed E-state index contributed by atoms with van der Waals surface area (Å²) in [6.07, 6.45) is -7.45. The van der Waals surface area contributed by atoms with Crippen molar-refractivity contribution in [3.8, 4) is 0 Å². The number of hydrogen-bond donors (Lipinski definition) is 1. The molecule has 12 heteroatoms. The lowest BCUT2D eigenvalue weighted by molar-refractivity contribution is -0.155. The first-order chi connectivity index (χ1) is 15.3. The Morgan fingerprint density at radius 2 is 1.67 bits per heavy atom. The number of ether oxygens (including phenoxy) is 1. The number of aromatic nitrogens is 1. The summed E-state index contributed by atoms with van der Waals surface area (Å²) >= 11 is 0. The van der Waals surface area contributed by atoms with E-state index in [1.165, 1.54) is 11.1 Å². The summed E-state index contributed by atoms with van der Waals surface area (Å²) in [7, 11) is 1.07. The zero-order chi connectivity index (χ0) is 24.6. The number of benzene rings is 1. The molecule has 1 aromatic heterocycles. The lowest BCUT2D eigenvalue weighted by Gasteiger charge is -2.33. The van der Waals surface area contributed by atoms with Crippen molar-refractivity contribution >= 4 is 17.6 Å². The molecule has 1 aliphatic heterocycles. The summed E-state index contributed by atoms with van der Waals surface area (Å²) in [6, 6.07) is 4.49. The second kappa shape index (κ2) is 8.56. The van der Waals surface area contributed by atoms with Crippen LogP contribution >= 0.6 is 0 Å². The number of halogens is 6. The number of rotatable bonds is 5. The van der Waals surface area contributed by atoms with Crippen LogP contribution in [0.25, 0.3) is 0 Å². The number of nitrogens with two attached hydrogens (primary N) is 1. The van der Waals surface area contributed by atoms with Crippen molar-refractivity contribution in [3.63, 3.8) is 0 Å². The lowest BCUT2D eigenvalue weighted by atomic mass is 9.70. The molecule has 2 aromatic rings. The van der Waals surface area contributed by atoms with Gasteiger partial charge in [-0.1, -0.05) is 12.1 Å². The predicted molar refractivity (Wildman–Crippen MR) is 104 cm³/mol. The second-order valence-electron chi connectivity index (χ2n) is 7.70. The Balaban J connectivity index is 2.02. The van der Waals surface area contributed by atoms with E-state index >= 15 is 0 Å². The van der Waals surface area contributed by atoms with Crippen LogP contribution in [0.4, 0.5) is 32.0 Å². The number of carbonyl (C=O) groups excluding carboxylic acids is 2. The highest BCUT2D eigenvalue weighted by atomic mass is 19.4. The molecule has 1 saturated heterocycles. The molecule has 33 heavy (non-hydrogen) atoms. The van der Waals surface area contributed by atoms with Gasteiger partial charge in [0.25, 0.3) is 0 Å². The maximum Gasteiger partial charge on any atom is 0.417 e. The molecule has 1 amide bonds. The molecule has 1 aromatic carbocycles. The zero-order valence-electron chi connectivity index (χ0n) is 17.2. The maximum atomic E-state index is 13.1. The van der Waals surface area contributed by atoms with Gasteiger partial charge in [-0.05, 0) is 30.2 Å². The van der Waals surface area contributed by atoms with E-state index in [1.807, 2.05) is 0 Å². The molecule has 0 spiro atoms. The summed E-state index contributed by atoms with van der Waals surface area (Å²) in [4.78, 5) is 30.3. The van der Waals surface area contributed by atoms with Gasteiger partial charge in [0.05, 0.1) is 36.0 Å². The van der Waals surface area contributed by atoms with Gasteiger partial charge in [0.15, 0.2) is 0 Å². The van der Waals surface area contributed by atoms with E-state index in [0.29, 0.717) is 6.20 Å². The van der Waals surface area contributed by atoms with Gasteiger partial charge in [-0.2, -0.15) is 26.3 Å². The van der Waals surface area contributed by atoms with E-state index < -0.39 is 46.7 Å². The van der Waals surface area contributed by atoms with Crippen molar-refractivity contribution in [2.45, 2.75) is 24.7 Å². The van der Waals surface area contributed by atoms with Crippen LogP contribution in [-0.4, -0.2) is 37.1 Å². The number of hydrogen-bond acceptors (Lipinski definition) is 5. The van der Waals surface area contributed by atoms with Gasteiger partial charge in [-0.25, -0.2) is 0 Å². The van der Waals surface area contributed by atoms with Gasteiger partial charge in [-0.3, -0.25) is 14.6 Å². The number of anilines is 1. The van der Waals surface area contributed by atoms with Gasteiger partial charge in [0.2, 0.25) is 5.91 Å². The molecule has 2 N–H and O–H groups in total. The predicted octanol–water partition coefficient (Wildman–Crippen LogP) is 3.76. The highest BCUT2D eigenvalue weighted by Crippen LogP contribution is 2.46. The minimum absolute atomic E-state index is 0.0372. The summed E-state index contributed by atoms with van der Waals surface area (Å²) in [5.74, 6) is -3.21. The molecule has 0 aliphatic carbocycles. The van der Waals surface area contributed by atoms with Crippen molar-refractivity contribution in [2.24, 2.45) is 11.1 Å². The fourth-order valence-corrected chi connectivity index (χ4v) is 4.15. The van der Waals surface area contributed by atoms with E-state index in [9.17, 15) is 35.9 Å². The number of nitrogens with zero attached hydrogens (tertiary/aromatic N) is 2. The summed E-state index contributed by atoms with van der Waals surface area (Å²) in [5, 5.41) is 0. The first-order valence-corrected chi connectivity index (χ1v) is 9.61. The number of amides is 1. The fourth-order valence-electron chi connectivity index (χ4n) is 4.15. The number of methoxy groups -OCH3 is 1. The number of esters is 1. The zero-order valence-corrected chi connectivity index (χ0v) is 17.2. The largest absolute Gasteiger partial charge is 0.469 e. The first-order valence-electron chi connectivity index (χ1n) is 9.61. The topological polar surface area (TPSA) is 85.5 Å². The molecule has 1 aliphatic rings. The Hall–Kier alpha value is -3.31. The fraction of sp³-hybridized carbons (Fsp3) is 0.381. The summed E-state index contributed by atoms with van der Waals surface area (Å²) in [6.45, 7) is -0.195. The third kappa shape index (κ3) is 4.74. The van der Waals surface area contributed by atoms with Crippen molar-refractivity contribution < 1.29 is 40.7 Å². The van der Waals surface area contributed by atoms with Crippen molar-refractivity contribution in [2.75, 3.05) is 25.1 Å². The lowest BCUT2D eigenvalue weighted by Crippen LogP contribution is -2.46. The van der Waals surface area contributed by atoms with Crippen molar-refractivity contribution in [1.82, 2.24) is 4.98 Å². The molecule has 6 nitrogen and oxygen atoms in total. The minimum atomic E-state index is -4.64. The van der Waals surface area contributed by atoms with E-state index in [4.69, 9.17) is 10.5 Å². The molecule has 0 bridgehead atoms. The van der Waals surface area contributed by atoms with Crippen LogP contribution in [0.15, 0.2) is 42.7 Å². The average Bonchev–Trinajstić information content (AvgIpc) is 3.18. The van der Waals surface area contributed by atoms with Gasteiger partial charge < -0.3 is 15.4 Å². The van der Waals surface area contributed by atoms with Crippen LogP contribution in [0.3, 0.4) is 0 Å². The minimum Gasteiger partial charge on any atom is -0.469 e. The van der Waals surface area contributed by atoms with Gasteiger partial charge in [-0.15, -0.1) is 0 Å². The Morgan fingerprint density at radius 1 is 1.06 bits per heavy atom. The Kier molecular flexibility index (Phi) is 6.31. The second-order valence-corrected chi connectivity index (χ2v) is 7.70. The van der Waals surface area contributed by atoms with Crippen LogP contribution in [0.1, 0.15) is 29.0 Å². The molecule has 1 fully saturated rings.